The smallest absolute Gasteiger partial charge is 0.116 e. The largest absolute Gasteiger partial charge is 0.508 e. The van der Waals surface area contributed by atoms with Crippen molar-refractivity contribution >= 4 is 11.6 Å². The van der Waals surface area contributed by atoms with E-state index in [0.717, 1.165) is 0 Å². The number of aliphatic hydroxyl groups is 4. The summed E-state index contributed by atoms with van der Waals surface area (Å²) in [7, 11) is 0. The monoisotopic (exact) mass is 290 g/mol. The highest BCUT2D eigenvalue weighted by Crippen LogP contribution is 2.37. The van der Waals surface area contributed by atoms with Crippen molar-refractivity contribution in [2.75, 3.05) is 6.61 Å². The summed E-state index contributed by atoms with van der Waals surface area (Å²) in [5.74, 6) is -0.0728. The molecular formula is C12H15ClO6. The summed E-state index contributed by atoms with van der Waals surface area (Å²) in [5.41, 5.74) is 0.276. The van der Waals surface area contributed by atoms with Crippen LogP contribution in [-0.2, 0) is 4.74 Å². The van der Waals surface area contributed by atoms with Crippen LogP contribution in [-0.4, -0.2) is 56.6 Å². The molecule has 0 aliphatic carbocycles. The molecule has 6 nitrogen and oxygen atoms in total. The summed E-state index contributed by atoms with van der Waals surface area (Å²) in [6.45, 7) is -0.516. The van der Waals surface area contributed by atoms with Gasteiger partial charge in [0.1, 0.15) is 36.3 Å². The number of hydrogen-bond donors (Lipinski definition) is 5. The summed E-state index contributed by atoms with van der Waals surface area (Å²) in [5, 5.41) is 48.1. The second-order valence-electron chi connectivity index (χ2n) is 4.46. The Labute approximate surface area is 114 Å². The molecule has 0 bridgehead atoms. The van der Waals surface area contributed by atoms with Crippen molar-refractivity contribution < 1.29 is 30.3 Å². The molecule has 1 heterocycles. The van der Waals surface area contributed by atoms with Crippen LogP contribution in [0.15, 0.2) is 18.2 Å². The van der Waals surface area contributed by atoms with Crippen LogP contribution < -0.4 is 0 Å². The molecule has 0 aromatic heterocycles. The van der Waals surface area contributed by atoms with Crippen molar-refractivity contribution in [1.82, 2.24) is 0 Å². The molecule has 19 heavy (non-hydrogen) atoms. The van der Waals surface area contributed by atoms with Crippen molar-refractivity contribution in [3.63, 3.8) is 0 Å². The fraction of sp³-hybridized carbons (Fsp3) is 0.500. The van der Waals surface area contributed by atoms with Gasteiger partial charge in [0, 0.05) is 10.6 Å². The van der Waals surface area contributed by atoms with Crippen LogP contribution in [0.25, 0.3) is 0 Å². The molecule has 106 valence electrons. The summed E-state index contributed by atoms with van der Waals surface area (Å²) in [4.78, 5) is 0. The van der Waals surface area contributed by atoms with Gasteiger partial charge in [-0.15, -0.1) is 0 Å². The van der Waals surface area contributed by atoms with Gasteiger partial charge in [-0.05, 0) is 18.2 Å². The van der Waals surface area contributed by atoms with Gasteiger partial charge >= 0.3 is 0 Å². The van der Waals surface area contributed by atoms with E-state index in [1.807, 2.05) is 0 Å². The highest BCUT2D eigenvalue weighted by atomic mass is 35.5. The van der Waals surface area contributed by atoms with Gasteiger partial charge < -0.3 is 30.3 Å². The maximum Gasteiger partial charge on any atom is 0.116 e. The highest BCUT2D eigenvalue weighted by molar-refractivity contribution is 6.31. The van der Waals surface area contributed by atoms with E-state index < -0.39 is 37.1 Å². The van der Waals surface area contributed by atoms with Crippen molar-refractivity contribution in [1.29, 1.82) is 0 Å². The zero-order chi connectivity index (χ0) is 14.2. The molecule has 1 aliphatic rings. The summed E-state index contributed by atoms with van der Waals surface area (Å²) in [6.07, 6.45) is -6.38. The zero-order valence-corrected chi connectivity index (χ0v) is 10.6. The molecule has 0 amide bonds. The highest BCUT2D eigenvalue weighted by Gasteiger charge is 2.44. The maximum absolute atomic E-state index is 9.93. The van der Waals surface area contributed by atoms with Gasteiger partial charge in [-0.3, -0.25) is 0 Å². The van der Waals surface area contributed by atoms with Gasteiger partial charge in [0.25, 0.3) is 0 Å². The molecule has 1 saturated heterocycles. The number of aromatic hydroxyl groups is 1. The molecular weight excluding hydrogens is 276 g/mol. The van der Waals surface area contributed by atoms with E-state index in [-0.39, 0.29) is 16.3 Å². The predicted octanol–water partition coefficient (Wildman–Crippen LogP) is -0.440. The van der Waals surface area contributed by atoms with E-state index in [1.165, 1.54) is 18.2 Å². The first kappa shape index (κ1) is 14.5. The minimum atomic E-state index is -1.48. The van der Waals surface area contributed by atoms with E-state index in [4.69, 9.17) is 21.4 Å². The average Bonchev–Trinajstić information content (AvgIpc) is 2.40. The Kier molecular flexibility index (Phi) is 4.29. The van der Waals surface area contributed by atoms with Crippen LogP contribution in [0.5, 0.6) is 5.75 Å². The molecule has 0 saturated carbocycles. The van der Waals surface area contributed by atoms with Crippen LogP contribution >= 0.6 is 11.6 Å². The van der Waals surface area contributed by atoms with E-state index in [0.29, 0.717) is 0 Å². The molecule has 0 unspecified atom stereocenters. The molecule has 0 spiro atoms. The molecule has 5 N–H and O–H groups in total. The lowest BCUT2D eigenvalue weighted by Gasteiger charge is -2.40. The van der Waals surface area contributed by atoms with E-state index in [9.17, 15) is 20.4 Å². The van der Waals surface area contributed by atoms with Crippen molar-refractivity contribution in [2.45, 2.75) is 30.5 Å². The quantitative estimate of drug-likeness (QED) is 0.505. The second-order valence-corrected chi connectivity index (χ2v) is 4.86. The summed E-state index contributed by atoms with van der Waals surface area (Å²) in [6, 6.07) is 4.10. The number of ether oxygens (including phenoxy) is 1. The Morgan fingerprint density at radius 2 is 1.79 bits per heavy atom. The molecule has 1 aliphatic heterocycles. The first-order valence-electron chi connectivity index (χ1n) is 5.74. The van der Waals surface area contributed by atoms with Crippen LogP contribution in [0.4, 0.5) is 0 Å². The van der Waals surface area contributed by atoms with E-state index in [2.05, 4.69) is 0 Å². The van der Waals surface area contributed by atoms with Gasteiger partial charge in [0.05, 0.1) is 6.61 Å². The van der Waals surface area contributed by atoms with Crippen LogP contribution in [0.1, 0.15) is 11.7 Å². The lowest BCUT2D eigenvalue weighted by atomic mass is 9.91. The Morgan fingerprint density at radius 3 is 2.42 bits per heavy atom. The number of rotatable bonds is 2. The van der Waals surface area contributed by atoms with E-state index in [1.54, 1.807) is 0 Å². The number of hydrogen-bond acceptors (Lipinski definition) is 6. The Morgan fingerprint density at radius 1 is 1.11 bits per heavy atom. The molecule has 5 atom stereocenters. The Bertz CT molecular complexity index is 452. The molecule has 1 aromatic rings. The number of phenolic OH excluding ortho intramolecular Hbond substituents is 1. The standard InChI is InChI=1S/C12H15ClO6/c13-7-2-1-5(15)3-6(7)12-11(18)10(17)9(16)8(4-14)19-12/h1-3,8-12,14-18H,4H2/t8-,9-,10+,11+,12-/m1/s1. The fourth-order valence-electron chi connectivity index (χ4n) is 2.11. The van der Waals surface area contributed by atoms with Gasteiger partial charge in [0.2, 0.25) is 0 Å². The van der Waals surface area contributed by atoms with Crippen LogP contribution in [0, 0.1) is 0 Å². The molecule has 1 fully saturated rings. The number of phenols is 1. The third-order valence-corrected chi connectivity index (χ3v) is 3.52. The normalized spacial score (nSPS) is 35.3. The maximum atomic E-state index is 9.93. The van der Waals surface area contributed by atoms with Gasteiger partial charge in [-0.1, -0.05) is 11.6 Å². The van der Waals surface area contributed by atoms with Crippen molar-refractivity contribution in [3.8, 4) is 5.75 Å². The summed E-state index contributed by atoms with van der Waals surface area (Å²) >= 11 is 5.96. The van der Waals surface area contributed by atoms with Crippen molar-refractivity contribution in [3.05, 3.63) is 28.8 Å². The third kappa shape index (κ3) is 2.69. The van der Waals surface area contributed by atoms with Gasteiger partial charge in [-0.25, -0.2) is 0 Å². The molecule has 2 rings (SSSR count). The average molecular weight is 291 g/mol. The Balaban J connectivity index is 2.35. The topological polar surface area (TPSA) is 110 Å². The first-order chi connectivity index (χ1) is 8.95. The predicted molar refractivity (Wildman–Crippen MR) is 65.8 cm³/mol. The number of benzene rings is 1. The van der Waals surface area contributed by atoms with Gasteiger partial charge in [-0.2, -0.15) is 0 Å². The lowest BCUT2D eigenvalue weighted by molar-refractivity contribution is -0.231. The van der Waals surface area contributed by atoms with Crippen LogP contribution in [0.3, 0.4) is 0 Å². The molecule has 0 radical (unpaired) electrons. The minimum Gasteiger partial charge on any atom is -0.508 e. The Hall–Kier alpha value is -0.890. The van der Waals surface area contributed by atoms with Gasteiger partial charge in [0.15, 0.2) is 0 Å². The third-order valence-electron chi connectivity index (χ3n) is 3.18. The number of aliphatic hydroxyl groups excluding tert-OH is 4. The lowest BCUT2D eigenvalue weighted by Crippen LogP contribution is -2.55. The second kappa shape index (κ2) is 5.62. The first-order valence-corrected chi connectivity index (χ1v) is 6.12. The molecule has 1 aromatic carbocycles. The zero-order valence-electron chi connectivity index (χ0n) is 9.85. The minimum absolute atomic E-state index is 0.0728. The van der Waals surface area contributed by atoms with Crippen molar-refractivity contribution in [2.24, 2.45) is 0 Å². The van der Waals surface area contributed by atoms with E-state index >= 15 is 0 Å². The summed E-state index contributed by atoms with van der Waals surface area (Å²) < 4.78 is 5.35. The molecule has 7 heteroatoms. The van der Waals surface area contributed by atoms with Crippen LogP contribution in [0.2, 0.25) is 5.02 Å². The number of halogens is 1. The fourth-order valence-corrected chi connectivity index (χ4v) is 2.33. The SMILES string of the molecule is OC[C@H]1O[C@H](c2cc(O)ccc2Cl)[C@@H](O)[C@@H](O)[C@@H]1O.